The fourth-order valence-corrected chi connectivity index (χ4v) is 3.19. The molecule has 24 heavy (non-hydrogen) atoms. The summed E-state index contributed by atoms with van der Waals surface area (Å²) in [6.07, 6.45) is 7.02. The van der Waals surface area contributed by atoms with E-state index in [1.807, 2.05) is 32.1 Å². The molecule has 0 saturated carbocycles. The maximum atomic E-state index is 14.4. The number of fused-ring (bicyclic) bond motifs is 1. The van der Waals surface area contributed by atoms with Crippen LogP contribution in [0.25, 0.3) is 0 Å². The molecule has 1 aromatic rings. The van der Waals surface area contributed by atoms with Crippen LogP contribution in [0, 0.1) is 5.41 Å². The molecular formula is C18H22FN3O2. The number of carbonyl (C=O) groups is 1. The Morgan fingerprint density at radius 3 is 2.96 bits per heavy atom. The number of carbonyl (C=O) groups excluding carboxylic acids is 1. The zero-order chi connectivity index (χ0) is 17.3. The Hall–Kier alpha value is -2.08. The molecule has 3 rings (SSSR count). The van der Waals surface area contributed by atoms with Crippen LogP contribution in [0.2, 0.25) is 0 Å². The van der Waals surface area contributed by atoms with Crippen molar-refractivity contribution in [3.05, 3.63) is 48.1 Å². The van der Waals surface area contributed by atoms with Gasteiger partial charge >= 0.3 is 0 Å². The van der Waals surface area contributed by atoms with Gasteiger partial charge in [0.1, 0.15) is 0 Å². The molecule has 2 aliphatic heterocycles. The van der Waals surface area contributed by atoms with Gasteiger partial charge in [-0.3, -0.25) is 4.79 Å². The van der Waals surface area contributed by atoms with Gasteiger partial charge in [-0.25, -0.2) is 14.1 Å². The monoisotopic (exact) mass is 331 g/mol. The lowest BCUT2D eigenvalue weighted by Gasteiger charge is -2.17. The molecule has 1 saturated heterocycles. The van der Waals surface area contributed by atoms with Crippen molar-refractivity contribution in [2.75, 3.05) is 13.2 Å². The summed E-state index contributed by atoms with van der Waals surface area (Å²) in [7, 11) is 0. The topological polar surface area (TPSA) is 57.0 Å². The Kier molecular flexibility index (Phi) is 4.49. The maximum Gasteiger partial charge on any atom is 0.218 e. The largest absolute Gasteiger partial charge is 0.380 e. The van der Waals surface area contributed by atoms with Gasteiger partial charge in [-0.15, -0.1) is 5.10 Å². The molecule has 0 N–H and O–H groups in total. The first-order chi connectivity index (χ1) is 11.5. The molecule has 1 fully saturated rings. The van der Waals surface area contributed by atoms with Crippen molar-refractivity contribution >= 4 is 5.78 Å². The number of nitrogens with zero attached hydrogens (tertiary/aromatic N) is 3. The summed E-state index contributed by atoms with van der Waals surface area (Å²) in [5.41, 5.74) is 0.236. The average molecular weight is 331 g/mol. The highest BCUT2D eigenvalue weighted by molar-refractivity contribution is 5.97. The molecule has 0 aromatic carbocycles. The van der Waals surface area contributed by atoms with E-state index < -0.39 is 11.6 Å². The third-order valence-electron chi connectivity index (χ3n) is 4.73. The van der Waals surface area contributed by atoms with Gasteiger partial charge in [0, 0.05) is 13.0 Å². The van der Waals surface area contributed by atoms with Crippen molar-refractivity contribution in [2.45, 2.75) is 38.9 Å². The molecular weight excluding hydrogens is 309 g/mol. The first-order valence-corrected chi connectivity index (χ1v) is 8.18. The van der Waals surface area contributed by atoms with Crippen LogP contribution in [0.3, 0.4) is 0 Å². The third-order valence-corrected chi connectivity index (χ3v) is 4.73. The van der Waals surface area contributed by atoms with E-state index in [1.54, 1.807) is 6.08 Å². The van der Waals surface area contributed by atoms with Crippen molar-refractivity contribution in [3.63, 3.8) is 0 Å². The van der Waals surface area contributed by atoms with E-state index in [9.17, 15) is 9.18 Å². The summed E-state index contributed by atoms with van der Waals surface area (Å²) in [5.74, 6) is 0.129. The smallest absolute Gasteiger partial charge is 0.218 e. The second-order valence-corrected chi connectivity index (χ2v) is 6.55. The molecule has 0 unspecified atom stereocenters. The predicted molar refractivity (Wildman–Crippen MR) is 88.5 cm³/mol. The first-order valence-electron chi connectivity index (χ1n) is 8.18. The molecule has 3 atom stereocenters. The molecule has 0 amide bonds. The van der Waals surface area contributed by atoms with Crippen LogP contribution in [-0.2, 0) is 4.74 Å². The van der Waals surface area contributed by atoms with E-state index in [0.717, 1.165) is 5.57 Å². The van der Waals surface area contributed by atoms with Crippen LogP contribution in [0.15, 0.2) is 36.5 Å². The second-order valence-electron chi connectivity index (χ2n) is 6.55. The van der Waals surface area contributed by atoms with Gasteiger partial charge in [0.2, 0.25) is 11.6 Å². The fraction of sp³-hybridized carbons (Fsp3) is 0.500. The van der Waals surface area contributed by atoms with Crippen molar-refractivity contribution in [2.24, 2.45) is 5.41 Å². The Morgan fingerprint density at radius 1 is 1.54 bits per heavy atom. The number of hydrogen-bond donors (Lipinski definition) is 0. The summed E-state index contributed by atoms with van der Waals surface area (Å²) in [4.78, 5) is 16.9. The quantitative estimate of drug-likeness (QED) is 0.612. The van der Waals surface area contributed by atoms with Crippen molar-refractivity contribution in [3.8, 4) is 0 Å². The number of allylic oxidation sites excluding steroid dienone is 5. The molecule has 128 valence electrons. The van der Waals surface area contributed by atoms with E-state index in [2.05, 4.69) is 16.7 Å². The SMILES string of the molecule is C=C/C(=C\C=C/C)[C@@H]1C[C@H](F)c2nc(C(=O)[C@@]3(C)CCOC3)nn21. The number of halogens is 1. The van der Waals surface area contributed by atoms with E-state index in [4.69, 9.17) is 4.74 Å². The molecule has 5 nitrogen and oxygen atoms in total. The van der Waals surface area contributed by atoms with Crippen LogP contribution >= 0.6 is 0 Å². The highest BCUT2D eigenvalue weighted by Crippen LogP contribution is 2.40. The molecule has 0 spiro atoms. The summed E-state index contributed by atoms with van der Waals surface area (Å²) < 4.78 is 21.3. The summed E-state index contributed by atoms with van der Waals surface area (Å²) >= 11 is 0. The van der Waals surface area contributed by atoms with Gasteiger partial charge < -0.3 is 4.74 Å². The fourth-order valence-electron chi connectivity index (χ4n) is 3.19. The van der Waals surface area contributed by atoms with Crippen LogP contribution < -0.4 is 0 Å². The number of hydrogen-bond acceptors (Lipinski definition) is 4. The van der Waals surface area contributed by atoms with E-state index in [1.165, 1.54) is 4.68 Å². The highest BCUT2D eigenvalue weighted by Gasteiger charge is 2.42. The van der Waals surface area contributed by atoms with Gasteiger partial charge in [-0.2, -0.15) is 0 Å². The van der Waals surface area contributed by atoms with Crippen LogP contribution in [0.5, 0.6) is 0 Å². The molecule has 3 heterocycles. The molecule has 0 aliphatic carbocycles. The summed E-state index contributed by atoms with van der Waals surface area (Å²) in [5, 5.41) is 4.34. The Balaban J connectivity index is 1.94. The van der Waals surface area contributed by atoms with Gasteiger partial charge in [-0.05, 0) is 25.8 Å². The average Bonchev–Trinajstić information content (AvgIpc) is 3.26. The van der Waals surface area contributed by atoms with E-state index in [0.29, 0.717) is 19.6 Å². The van der Waals surface area contributed by atoms with Crippen molar-refractivity contribution in [1.29, 1.82) is 0 Å². The Bertz CT molecular complexity index is 714. The lowest BCUT2D eigenvalue weighted by atomic mass is 9.85. The van der Waals surface area contributed by atoms with Crippen LogP contribution in [0.1, 0.15) is 55.3 Å². The Morgan fingerprint density at radius 2 is 2.33 bits per heavy atom. The number of aromatic nitrogens is 3. The van der Waals surface area contributed by atoms with Crippen molar-refractivity contribution < 1.29 is 13.9 Å². The van der Waals surface area contributed by atoms with Crippen LogP contribution in [-0.4, -0.2) is 33.8 Å². The normalized spacial score (nSPS) is 30.0. The minimum Gasteiger partial charge on any atom is -0.380 e. The molecule has 0 bridgehead atoms. The summed E-state index contributed by atoms with van der Waals surface area (Å²) in [6, 6.07) is -0.287. The number of ether oxygens (including phenoxy) is 1. The number of alkyl halides is 1. The van der Waals surface area contributed by atoms with Gasteiger partial charge in [0.05, 0.1) is 18.1 Å². The zero-order valence-corrected chi connectivity index (χ0v) is 14.0. The molecule has 1 aromatic heterocycles. The zero-order valence-electron chi connectivity index (χ0n) is 14.0. The number of Topliss-reactive ketones (excluding diaryl/α,β-unsaturated/α-hetero) is 1. The maximum absolute atomic E-state index is 14.4. The van der Waals surface area contributed by atoms with Gasteiger partial charge in [-0.1, -0.05) is 30.9 Å². The standard InChI is InChI=1S/C18H22FN3O2/c1-4-6-7-12(5-2)14-10-13(19)17-20-16(21-22(14)17)15(23)18(3)8-9-24-11-18/h4-7,13-14H,2,8-11H2,1,3H3/b6-4-,12-7+/t13-,14-,18-/m0/s1. The molecule has 2 aliphatic rings. The second kappa shape index (κ2) is 6.43. The lowest BCUT2D eigenvalue weighted by Crippen LogP contribution is -2.29. The van der Waals surface area contributed by atoms with Crippen LogP contribution in [0.4, 0.5) is 4.39 Å². The van der Waals surface area contributed by atoms with Crippen molar-refractivity contribution in [1.82, 2.24) is 14.8 Å². The molecule has 6 heteroatoms. The number of rotatable bonds is 5. The van der Waals surface area contributed by atoms with E-state index in [-0.39, 0.29) is 29.9 Å². The first kappa shape index (κ1) is 16.8. The highest BCUT2D eigenvalue weighted by atomic mass is 19.1. The summed E-state index contributed by atoms with van der Waals surface area (Å²) in [6.45, 7) is 8.47. The predicted octanol–water partition coefficient (Wildman–Crippen LogP) is 3.53. The third kappa shape index (κ3) is 2.75. The van der Waals surface area contributed by atoms with Gasteiger partial charge in [0.15, 0.2) is 12.0 Å². The Labute approximate surface area is 140 Å². The molecule has 0 radical (unpaired) electrons. The lowest BCUT2D eigenvalue weighted by molar-refractivity contribution is 0.0766. The van der Waals surface area contributed by atoms with E-state index >= 15 is 0 Å². The minimum atomic E-state index is -1.23. The minimum absolute atomic E-state index is 0.0831. The van der Waals surface area contributed by atoms with Gasteiger partial charge in [0.25, 0.3) is 0 Å². The number of ketones is 1.